The summed E-state index contributed by atoms with van der Waals surface area (Å²) in [4.78, 5) is 10.7. The normalized spacial score (nSPS) is 11.2. The van der Waals surface area contributed by atoms with Crippen LogP contribution < -0.4 is 4.74 Å². The van der Waals surface area contributed by atoms with Gasteiger partial charge in [-0.1, -0.05) is 0 Å². The van der Waals surface area contributed by atoms with Gasteiger partial charge in [0.1, 0.15) is 5.75 Å². The number of carboxylic acids is 1. The Morgan fingerprint density at radius 1 is 1.44 bits per heavy atom. The Labute approximate surface area is 93.2 Å². The molecule has 7 heteroatoms. The highest BCUT2D eigenvalue weighted by Crippen LogP contribution is 2.32. The number of aromatic carboxylic acids is 1. The van der Waals surface area contributed by atoms with E-state index in [0.717, 1.165) is 30.0 Å². The number of benzene rings is 1. The van der Waals surface area contributed by atoms with E-state index in [1.54, 1.807) is 0 Å². The van der Waals surface area contributed by atoms with E-state index in [1.807, 2.05) is 0 Å². The topological polar surface area (TPSA) is 46.5 Å². The largest absolute Gasteiger partial charge is 0.573 e. The van der Waals surface area contributed by atoms with Gasteiger partial charge in [0, 0.05) is 0 Å². The van der Waals surface area contributed by atoms with Crippen LogP contribution in [0.4, 0.5) is 13.2 Å². The van der Waals surface area contributed by atoms with Crippen molar-refractivity contribution in [3.05, 3.63) is 23.8 Å². The zero-order valence-corrected chi connectivity index (χ0v) is 8.85. The number of hydrogen-bond donors (Lipinski definition) is 1. The maximum absolute atomic E-state index is 12.0. The van der Waals surface area contributed by atoms with Crippen LogP contribution in [0.25, 0.3) is 0 Å². The molecule has 0 aliphatic heterocycles. The van der Waals surface area contributed by atoms with Crippen molar-refractivity contribution in [2.24, 2.45) is 0 Å². The van der Waals surface area contributed by atoms with Gasteiger partial charge in [-0.25, -0.2) is 4.79 Å². The molecule has 0 aromatic heterocycles. The maximum atomic E-state index is 12.0. The molecule has 16 heavy (non-hydrogen) atoms. The van der Waals surface area contributed by atoms with Crippen LogP contribution in [0.1, 0.15) is 10.4 Å². The first-order chi connectivity index (χ1) is 7.33. The van der Waals surface area contributed by atoms with E-state index in [0.29, 0.717) is 0 Å². The molecule has 0 aliphatic carbocycles. The second kappa shape index (κ2) is 4.65. The van der Waals surface area contributed by atoms with E-state index < -0.39 is 18.1 Å². The van der Waals surface area contributed by atoms with Gasteiger partial charge < -0.3 is 9.84 Å². The van der Waals surface area contributed by atoms with Crippen molar-refractivity contribution < 1.29 is 27.8 Å². The number of halogens is 3. The van der Waals surface area contributed by atoms with Crippen LogP contribution in [0.3, 0.4) is 0 Å². The van der Waals surface area contributed by atoms with Gasteiger partial charge in [0.15, 0.2) is 0 Å². The molecule has 0 spiro atoms. The number of carboxylic acid groups (broad SMARTS) is 1. The summed E-state index contributed by atoms with van der Waals surface area (Å²) in [5.74, 6) is -1.60. The third-order valence-corrected chi connectivity index (χ3v) is 2.40. The molecule has 1 aromatic rings. The predicted octanol–water partition coefficient (Wildman–Crippen LogP) is 3.01. The van der Waals surface area contributed by atoms with Gasteiger partial charge in [-0.2, -0.15) is 0 Å². The van der Waals surface area contributed by atoms with Crippen molar-refractivity contribution >= 4 is 17.7 Å². The molecule has 1 aromatic carbocycles. The molecule has 3 nitrogen and oxygen atoms in total. The monoisotopic (exact) mass is 252 g/mol. The summed E-state index contributed by atoms with van der Waals surface area (Å²) in [6, 6.07) is 3.18. The number of thioether (sulfide) groups is 1. The second-order valence-corrected chi connectivity index (χ2v) is 3.57. The fourth-order valence-electron chi connectivity index (χ4n) is 1.01. The Morgan fingerprint density at radius 3 is 2.50 bits per heavy atom. The lowest BCUT2D eigenvalue weighted by Crippen LogP contribution is -2.17. The van der Waals surface area contributed by atoms with E-state index in [2.05, 4.69) is 4.74 Å². The minimum atomic E-state index is -4.78. The average molecular weight is 252 g/mol. The van der Waals surface area contributed by atoms with Crippen molar-refractivity contribution in [3.63, 3.8) is 0 Å². The average Bonchev–Trinajstić information content (AvgIpc) is 2.15. The molecule has 0 saturated carbocycles. The molecular formula is C9H7F3O3S. The number of carbonyl (C=O) groups is 1. The van der Waals surface area contributed by atoms with Gasteiger partial charge in [-0.15, -0.1) is 24.9 Å². The summed E-state index contributed by atoms with van der Waals surface area (Å²) in [6.45, 7) is 0. The summed E-state index contributed by atoms with van der Waals surface area (Å²) in [6.07, 6.45) is -3.25. The van der Waals surface area contributed by atoms with Crippen molar-refractivity contribution in [1.82, 2.24) is 0 Å². The molecule has 0 bridgehead atoms. The number of rotatable bonds is 3. The van der Waals surface area contributed by atoms with Crippen LogP contribution in [-0.2, 0) is 0 Å². The van der Waals surface area contributed by atoms with Gasteiger partial charge in [-0.3, -0.25) is 0 Å². The summed E-state index contributed by atoms with van der Waals surface area (Å²) < 4.78 is 39.7. The lowest BCUT2D eigenvalue weighted by atomic mass is 10.2. The minimum absolute atomic E-state index is 0.0844. The molecule has 1 rings (SSSR count). The Balaban J connectivity index is 3.07. The maximum Gasteiger partial charge on any atom is 0.573 e. The SMILES string of the molecule is CSc1cc(C(=O)O)ccc1OC(F)(F)F. The quantitative estimate of drug-likeness (QED) is 0.840. The second-order valence-electron chi connectivity index (χ2n) is 2.72. The standard InChI is InChI=1S/C9H7F3O3S/c1-16-7-4-5(8(13)14)2-3-6(7)15-9(10,11)12/h2-4H,1H3,(H,13,14). The number of hydrogen-bond acceptors (Lipinski definition) is 3. The van der Waals surface area contributed by atoms with E-state index >= 15 is 0 Å². The number of ether oxygens (including phenoxy) is 1. The van der Waals surface area contributed by atoms with E-state index in [4.69, 9.17) is 5.11 Å². The first kappa shape index (κ1) is 12.7. The van der Waals surface area contributed by atoms with Gasteiger partial charge in [-0.05, 0) is 24.5 Å². The molecule has 0 radical (unpaired) electrons. The van der Waals surface area contributed by atoms with E-state index in [1.165, 1.54) is 6.26 Å². The Bertz CT molecular complexity index is 403. The fraction of sp³-hybridized carbons (Fsp3) is 0.222. The Kier molecular flexibility index (Phi) is 3.69. The zero-order valence-electron chi connectivity index (χ0n) is 8.04. The smallest absolute Gasteiger partial charge is 0.478 e. The van der Waals surface area contributed by atoms with Crippen LogP contribution in [-0.4, -0.2) is 23.7 Å². The Hall–Kier alpha value is -1.37. The summed E-state index contributed by atoms with van der Waals surface area (Å²) in [7, 11) is 0. The van der Waals surface area contributed by atoms with Gasteiger partial charge in [0.2, 0.25) is 0 Å². The van der Waals surface area contributed by atoms with Crippen molar-refractivity contribution in [2.45, 2.75) is 11.3 Å². The predicted molar refractivity (Wildman–Crippen MR) is 51.9 cm³/mol. The fourth-order valence-corrected chi connectivity index (χ4v) is 1.57. The molecule has 0 unspecified atom stereocenters. The molecule has 0 atom stereocenters. The zero-order chi connectivity index (χ0) is 12.3. The molecule has 0 heterocycles. The molecule has 0 aliphatic rings. The first-order valence-corrected chi connectivity index (χ1v) is 5.23. The molecule has 0 fully saturated rings. The van der Waals surface area contributed by atoms with Crippen molar-refractivity contribution in [1.29, 1.82) is 0 Å². The van der Waals surface area contributed by atoms with E-state index in [-0.39, 0.29) is 10.5 Å². The van der Waals surface area contributed by atoms with Gasteiger partial charge in [0.25, 0.3) is 0 Å². The van der Waals surface area contributed by atoms with Crippen LogP contribution in [0.2, 0.25) is 0 Å². The third-order valence-electron chi connectivity index (χ3n) is 1.64. The van der Waals surface area contributed by atoms with Gasteiger partial charge in [0.05, 0.1) is 10.5 Å². The molecule has 0 saturated heterocycles. The summed E-state index contributed by atoms with van der Waals surface area (Å²) >= 11 is 0.979. The molecular weight excluding hydrogens is 245 g/mol. The summed E-state index contributed by atoms with van der Waals surface area (Å²) in [5.41, 5.74) is -0.0844. The van der Waals surface area contributed by atoms with E-state index in [9.17, 15) is 18.0 Å². The van der Waals surface area contributed by atoms with Crippen molar-refractivity contribution in [3.8, 4) is 5.75 Å². The lowest BCUT2D eigenvalue weighted by Gasteiger charge is -2.12. The van der Waals surface area contributed by atoms with Crippen LogP contribution in [0.15, 0.2) is 23.1 Å². The van der Waals surface area contributed by atoms with Crippen LogP contribution >= 0.6 is 11.8 Å². The number of alkyl halides is 3. The molecule has 1 N–H and O–H groups in total. The van der Waals surface area contributed by atoms with Crippen LogP contribution in [0, 0.1) is 0 Å². The molecule has 0 amide bonds. The summed E-state index contributed by atoms with van der Waals surface area (Å²) in [5, 5.41) is 8.66. The lowest BCUT2D eigenvalue weighted by molar-refractivity contribution is -0.275. The minimum Gasteiger partial charge on any atom is -0.478 e. The first-order valence-electron chi connectivity index (χ1n) is 4.00. The van der Waals surface area contributed by atoms with Crippen LogP contribution in [0.5, 0.6) is 5.75 Å². The third kappa shape index (κ3) is 3.34. The van der Waals surface area contributed by atoms with Crippen molar-refractivity contribution in [2.75, 3.05) is 6.26 Å². The highest BCUT2D eigenvalue weighted by molar-refractivity contribution is 7.98. The highest BCUT2D eigenvalue weighted by Gasteiger charge is 2.32. The highest BCUT2D eigenvalue weighted by atomic mass is 32.2. The Morgan fingerprint density at radius 2 is 2.06 bits per heavy atom. The van der Waals surface area contributed by atoms with Gasteiger partial charge >= 0.3 is 12.3 Å². The molecule has 88 valence electrons.